The van der Waals surface area contributed by atoms with Gasteiger partial charge < -0.3 is 15.1 Å². The molecule has 0 bridgehead atoms. The van der Waals surface area contributed by atoms with E-state index in [0.717, 1.165) is 0 Å². The Hall–Kier alpha value is -3.33. The van der Waals surface area contributed by atoms with Gasteiger partial charge in [-0.25, -0.2) is 0 Å². The summed E-state index contributed by atoms with van der Waals surface area (Å²) in [7, 11) is 0. The maximum Gasteiger partial charge on any atom is 0.234 e. The third-order valence-corrected chi connectivity index (χ3v) is 4.56. The number of carbonyl (C=O) groups excluding carboxylic acids is 2. The first kappa shape index (κ1) is 19.4. The number of anilines is 2. The number of rotatable bonds is 8. The maximum atomic E-state index is 12.3. The molecule has 0 atom stereocenters. The molecule has 3 rings (SSSR count). The molecule has 2 N–H and O–H groups in total. The molecule has 0 fully saturated rings. The van der Waals surface area contributed by atoms with Crippen LogP contribution < -0.4 is 10.6 Å². The Morgan fingerprint density at radius 1 is 1.18 bits per heavy atom. The number of thioether (sulfide) groups is 1. The molecule has 0 aliphatic heterocycles. The molecule has 2 heterocycles. The SMILES string of the molecule is C=CCn1c(SCC(=O)Nc2ccc(NC(C)=O)cc2)nnc1-c1ccco1. The first-order chi connectivity index (χ1) is 13.6. The number of nitrogens with zero attached hydrogens (tertiary/aromatic N) is 3. The highest BCUT2D eigenvalue weighted by Crippen LogP contribution is 2.24. The van der Waals surface area contributed by atoms with E-state index in [0.29, 0.717) is 34.7 Å². The van der Waals surface area contributed by atoms with Crippen molar-refractivity contribution in [3.63, 3.8) is 0 Å². The van der Waals surface area contributed by atoms with E-state index in [1.165, 1.54) is 18.7 Å². The molecule has 9 heteroatoms. The molecule has 3 aromatic rings. The molecule has 0 saturated heterocycles. The van der Waals surface area contributed by atoms with Crippen LogP contribution in [0.15, 0.2) is 64.9 Å². The van der Waals surface area contributed by atoms with Gasteiger partial charge in [-0.1, -0.05) is 17.8 Å². The first-order valence-electron chi connectivity index (χ1n) is 8.45. The Morgan fingerprint density at radius 3 is 2.50 bits per heavy atom. The Bertz CT molecular complexity index is 964. The summed E-state index contributed by atoms with van der Waals surface area (Å²) in [6.07, 6.45) is 3.30. The van der Waals surface area contributed by atoms with Gasteiger partial charge in [0.05, 0.1) is 12.0 Å². The molecule has 144 valence electrons. The summed E-state index contributed by atoms with van der Waals surface area (Å²) >= 11 is 1.27. The van der Waals surface area contributed by atoms with E-state index in [1.807, 2.05) is 4.57 Å². The molecule has 1 aromatic carbocycles. The predicted molar refractivity (Wildman–Crippen MR) is 108 cm³/mol. The van der Waals surface area contributed by atoms with Crippen molar-refractivity contribution in [3.8, 4) is 11.6 Å². The van der Waals surface area contributed by atoms with Gasteiger partial charge in [0.1, 0.15) is 0 Å². The molecule has 8 nitrogen and oxygen atoms in total. The minimum Gasteiger partial charge on any atom is -0.461 e. The number of aromatic nitrogens is 3. The molecular weight excluding hydrogens is 378 g/mol. The molecule has 0 saturated carbocycles. The van der Waals surface area contributed by atoms with Crippen molar-refractivity contribution in [2.75, 3.05) is 16.4 Å². The summed E-state index contributed by atoms with van der Waals surface area (Å²) in [5, 5.41) is 14.4. The van der Waals surface area contributed by atoms with E-state index < -0.39 is 0 Å². The monoisotopic (exact) mass is 397 g/mol. The van der Waals surface area contributed by atoms with E-state index in [-0.39, 0.29) is 17.6 Å². The molecule has 0 aliphatic rings. The summed E-state index contributed by atoms with van der Waals surface area (Å²) < 4.78 is 7.23. The molecule has 0 spiro atoms. The van der Waals surface area contributed by atoms with Crippen LogP contribution in [0, 0.1) is 0 Å². The van der Waals surface area contributed by atoms with E-state index in [2.05, 4.69) is 27.4 Å². The normalized spacial score (nSPS) is 10.5. The molecule has 2 aromatic heterocycles. The average Bonchev–Trinajstić information content (AvgIpc) is 3.31. The fraction of sp³-hybridized carbons (Fsp3) is 0.158. The van der Waals surface area contributed by atoms with Crippen LogP contribution in [0.4, 0.5) is 11.4 Å². The van der Waals surface area contributed by atoms with Crippen molar-refractivity contribution in [2.45, 2.75) is 18.6 Å². The Labute approximate surface area is 166 Å². The lowest BCUT2D eigenvalue weighted by atomic mass is 10.3. The van der Waals surface area contributed by atoms with Crippen molar-refractivity contribution in [1.82, 2.24) is 14.8 Å². The second-order valence-corrected chi connectivity index (χ2v) is 6.72. The van der Waals surface area contributed by atoms with Crippen molar-refractivity contribution >= 4 is 35.0 Å². The number of nitrogens with one attached hydrogen (secondary N) is 2. The quantitative estimate of drug-likeness (QED) is 0.446. The highest BCUT2D eigenvalue weighted by Gasteiger charge is 2.16. The van der Waals surface area contributed by atoms with Gasteiger partial charge in [0.25, 0.3) is 0 Å². The molecule has 0 aliphatic carbocycles. The summed E-state index contributed by atoms with van der Waals surface area (Å²) in [4.78, 5) is 23.3. The number of amides is 2. The number of hydrogen-bond acceptors (Lipinski definition) is 6. The Kier molecular flexibility index (Phi) is 6.28. The van der Waals surface area contributed by atoms with Gasteiger partial charge in [0.15, 0.2) is 10.9 Å². The second-order valence-electron chi connectivity index (χ2n) is 5.78. The first-order valence-corrected chi connectivity index (χ1v) is 9.43. The third kappa shape index (κ3) is 4.89. The Balaban J connectivity index is 1.61. The van der Waals surface area contributed by atoms with Gasteiger partial charge in [-0.05, 0) is 36.4 Å². The van der Waals surface area contributed by atoms with Crippen LogP contribution in [-0.4, -0.2) is 32.3 Å². The van der Waals surface area contributed by atoms with E-state index in [4.69, 9.17) is 4.42 Å². The fourth-order valence-corrected chi connectivity index (χ4v) is 3.19. The largest absolute Gasteiger partial charge is 0.461 e. The predicted octanol–water partition coefficient (Wildman–Crippen LogP) is 3.41. The summed E-state index contributed by atoms with van der Waals surface area (Å²) in [6.45, 7) is 5.69. The van der Waals surface area contributed by atoms with E-state index >= 15 is 0 Å². The number of allylic oxidation sites excluding steroid dienone is 1. The van der Waals surface area contributed by atoms with Crippen molar-refractivity contribution in [2.24, 2.45) is 0 Å². The van der Waals surface area contributed by atoms with Gasteiger partial charge in [0.2, 0.25) is 17.6 Å². The summed E-state index contributed by atoms with van der Waals surface area (Å²) in [6, 6.07) is 10.5. The standard InChI is InChI=1S/C19H19N5O3S/c1-3-10-24-18(16-5-4-11-27-16)22-23-19(24)28-12-17(26)21-15-8-6-14(7-9-15)20-13(2)25/h3-9,11H,1,10,12H2,2H3,(H,20,25)(H,21,26). The van der Waals surface area contributed by atoms with Gasteiger partial charge in [-0.3, -0.25) is 14.2 Å². The van der Waals surface area contributed by atoms with Crippen molar-refractivity contribution in [3.05, 3.63) is 55.3 Å². The number of hydrogen-bond donors (Lipinski definition) is 2. The van der Waals surface area contributed by atoms with Crippen LogP contribution in [0.5, 0.6) is 0 Å². The molecule has 0 unspecified atom stereocenters. The van der Waals surface area contributed by atoms with Crippen LogP contribution in [0.1, 0.15) is 6.92 Å². The smallest absolute Gasteiger partial charge is 0.234 e. The number of carbonyl (C=O) groups is 2. The van der Waals surface area contributed by atoms with Crippen LogP contribution in [-0.2, 0) is 16.1 Å². The topological polar surface area (TPSA) is 102 Å². The van der Waals surface area contributed by atoms with E-state index in [1.54, 1.807) is 48.7 Å². The van der Waals surface area contributed by atoms with Gasteiger partial charge in [-0.2, -0.15) is 0 Å². The van der Waals surface area contributed by atoms with Crippen molar-refractivity contribution < 1.29 is 14.0 Å². The molecular formula is C19H19N5O3S. The minimum absolute atomic E-state index is 0.147. The number of furan rings is 1. The van der Waals surface area contributed by atoms with Gasteiger partial charge >= 0.3 is 0 Å². The zero-order valence-electron chi connectivity index (χ0n) is 15.2. The molecule has 28 heavy (non-hydrogen) atoms. The third-order valence-electron chi connectivity index (χ3n) is 3.59. The summed E-state index contributed by atoms with van der Waals surface area (Å²) in [5.74, 6) is 1.03. The summed E-state index contributed by atoms with van der Waals surface area (Å²) in [5.41, 5.74) is 1.31. The average molecular weight is 397 g/mol. The highest BCUT2D eigenvalue weighted by molar-refractivity contribution is 7.99. The number of benzene rings is 1. The maximum absolute atomic E-state index is 12.3. The second kappa shape index (κ2) is 9.05. The highest BCUT2D eigenvalue weighted by atomic mass is 32.2. The Morgan fingerprint density at radius 2 is 1.89 bits per heavy atom. The van der Waals surface area contributed by atoms with Gasteiger partial charge in [-0.15, -0.1) is 16.8 Å². The lowest BCUT2D eigenvalue weighted by molar-refractivity contribution is -0.114. The fourth-order valence-electron chi connectivity index (χ4n) is 2.44. The molecule has 2 amide bonds. The zero-order chi connectivity index (χ0) is 19.9. The van der Waals surface area contributed by atoms with Gasteiger partial charge in [0, 0.05) is 24.8 Å². The van der Waals surface area contributed by atoms with Crippen molar-refractivity contribution in [1.29, 1.82) is 0 Å². The zero-order valence-corrected chi connectivity index (χ0v) is 16.0. The van der Waals surface area contributed by atoms with Crippen LogP contribution in [0.25, 0.3) is 11.6 Å². The molecule has 0 radical (unpaired) electrons. The minimum atomic E-state index is -0.176. The van der Waals surface area contributed by atoms with E-state index in [9.17, 15) is 9.59 Å². The van der Waals surface area contributed by atoms with Crippen LogP contribution >= 0.6 is 11.8 Å². The lowest BCUT2D eigenvalue weighted by Crippen LogP contribution is -2.14. The van der Waals surface area contributed by atoms with Crippen LogP contribution in [0.2, 0.25) is 0 Å². The lowest BCUT2D eigenvalue weighted by Gasteiger charge is -2.08. The van der Waals surface area contributed by atoms with Crippen LogP contribution in [0.3, 0.4) is 0 Å².